The van der Waals surface area contributed by atoms with Crippen molar-refractivity contribution in [3.8, 4) is 6.07 Å². The number of rotatable bonds is 8. The molecule has 3 aromatic carbocycles. The fourth-order valence-corrected chi connectivity index (χ4v) is 4.17. The maximum Gasteiger partial charge on any atom is 0.261 e. The van der Waals surface area contributed by atoms with E-state index in [-0.39, 0.29) is 17.3 Å². The molecule has 0 aliphatic carbocycles. The Kier molecular flexibility index (Phi) is 7.19. The fourth-order valence-electron chi connectivity index (χ4n) is 4.17. The molecule has 5 heteroatoms. The first-order valence-corrected chi connectivity index (χ1v) is 11.3. The number of aryl methyl sites for hydroxylation is 1. The van der Waals surface area contributed by atoms with Gasteiger partial charge in [0.2, 0.25) is 0 Å². The van der Waals surface area contributed by atoms with Crippen LogP contribution in [0.3, 0.4) is 0 Å². The van der Waals surface area contributed by atoms with E-state index >= 15 is 0 Å². The van der Waals surface area contributed by atoms with Gasteiger partial charge in [0.05, 0.1) is 6.54 Å². The molecule has 1 heterocycles. The third-order valence-electron chi connectivity index (χ3n) is 5.99. The van der Waals surface area contributed by atoms with Crippen molar-refractivity contribution in [3.05, 3.63) is 113 Å². The highest BCUT2D eigenvalue weighted by molar-refractivity contribution is 6.04. The second-order valence-corrected chi connectivity index (χ2v) is 8.21. The maximum absolute atomic E-state index is 14.3. The van der Waals surface area contributed by atoms with Crippen LogP contribution in [0.15, 0.2) is 84.4 Å². The molecule has 4 nitrogen and oxygen atoms in total. The first-order valence-electron chi connectivity index (χ1n) is 11.3. The van der Waals surface area contributed by atoms with Crippen LogP contribution in [0, 0.1) is 24.1 Å². The number of hydrogen-bond acceptors (Lipinski definition) is 2. The van der Waals surface area contributed by atoms with Gasteiger partial charge in [-0.05, 0) is 43.5 Å². The smallest absolute Gasteiger partial charge is 0.261 e. The molecule has 4 rings (SSSR count). The molecule has 4 aromatic rings. The van der Waals surface area contributed by atoms with E-state index in [1.165, 1.54) is 11.6 Å². The Morgan fingerprint density at radius 1 is 1.03 bits per heavy atom. The van der Waals surface area contributed by atoms with E-state index < -0.39 is 0 Å². The summed E-state index contributed by atoms with van der Waals surface area (Å²) in [7, 11) is 0. The van der Waals surface area contributed by atoms with Gasteiger partial charge in [0.1, 0.15) is 17.5 Å². The summed E-state index contributed by atoms with van der Waals surface area (Å²) in [5, 5.41) is 13.5. The van der Waals surface area contributed by atoms with Crippen molar-refractivity contribution in [2.45, 2.75) is 26.3 Å². The summed E-state index contributed by atoms with van der Waals surface area (Å²) in [4.78, 5) is 12.7. The molecule has 34 heavy (non-hydrogen) atoms. The average Bonchev–Trinajstić information content (AvgIpc) is 3.12. The molecule has 1 amide bonds. The molecule has 0 radical (unpaired) electrons. The van der Waals surface area contributed by atoms with Crippen molar-refractivity contribution in [1.82, 2.24) is 9.88 Å². The summed E-state index contributed by atoms with van der Waals surface area (Å²) < 4.78 is 16.3. The molecule has 0 aliphatic heterocycles. The summed E-state index contributed by atoms with van der Waals surface area (Å²) in [6.45, 7) is 2.78. The molecule has 0 fully saturated rings. The van der Waals surface area contributed by atoms with Crippen molar-refractivity contribution in [2.24, 2.45) is 0 Å². The zero-order valence-electron chi connectivity index (χ0n) is 19.1. The highest BCUT2D eigenvalue weighted by Crippen LogP contribution is 2.29. The molecular formula is C29H26FN3O. The number of carbonyl (C=O) groups excluding carboxylic acids is 1. The number of nitriles is 1. The van der Waals surface area contributed by atoms with E-state index in [0.29, 0.717) is 18.7 Å². The van der Waals surface area contributed by atoms with E-state index in [0.717, 1.165) is 35.0 Å². The lowest BCUT2D eigenvalue weighted by Crippen LogP contribution is -2.25. The Balaban J connectivity index is 1.56. The molecule has 1 aromatic heterocycles. The van der Waals surface area contributed by atoms with Crippen molar-refractivity contribution in [1.29, 1.82) is 5.26 Å². The second-order valence-electron chi connectivity index (χ2n) is 8.21. The van der Waals surface area contributed by atoms with Crippen LogP contribution in [0.5, 0.6) is 0 Å². The van der Waals surface area contributed by atoms with Gasteiger partial charge in [-0.3, -0.25) is 4.79 Å². The largest absolute Gasteiger partial charge is 0.351 e. The van der Waals surface area contributed by atoms with Crippen LogP contribution in [-0.4, -0.2) is 17.0 Å². The fraction of sp³-hybridized carbons (Fsp3) is 0.172. The molecule has 0 saturated carbocycles. The van der Waals surface area contributed by atoms with Crippen LogP contribution in [0.1, 0.15) is 28.8 Å². The van der Waals surface area contributed by atoms with Gasteiger partial charge in [-0.2, -0.15) is 5.26 Å². The van der Waals surface area contributed by atoms with Crippen molar-refractivity contribution < 1.29 is 9.18 Å². The topological polar surface area (TPSA) is 57.8 Å². The Hall–Kier alpha value is -4.17. The lowest BCUT2D eigenvalue weighted by molar-refractivity contribution is -0.117. The standard InChI is InChI=1S/C29H26FN3O/c1-21-26(18-24(19-31)29(34)32-17-9-12-22-10-3-2-4-11-22)25-14-6-8-16-28(25)33(21)20-23-13-5-7-15-27(23)30/h2-8,10-11,13-16,18H,9,12,17,20H2,1H3,(H,32,34)/b24-18-. The molecule has 1 N–H and O–H groups in total. The molecular weight excluding hydrogens is 425 g/mol. The quantitative estimate of drug-likeness (QED) is 0.209. The van der Waals surface area contributed by atoms with E-state index in [4.69, 9.17) is 0 Å². The van der Waals surface area contributed by atoms with Gasteiger partial charge in [-0.15, -0.1) is 0 Å². The summed E-state index contributed by atoms with van der Waals surface area (Å²) in [6, 6.07) is 26.6. The van der Waals surface area contributed by atoms with E-state index in [1.54, 1.807) is 18.2 Å². The molecule has 0 unspecified atom stereocenters. The van der Waals surface area contributed by atoms with Crippen LogP contribution in [0.25, 0.3) is 17.0 Å². The Bertz CT molecular complexity index is 1380. The molecule has 0 bridgehead atoms. The first-order chi connectivity index (χ1) is 16.6. The molecule has 0 atom stereocenters. The van der Waals surface area contributed by atoms with Crippen LogP contribution in [-0.2, 0) is 17.8 Å². The SMILES string of the molecule is Cc1c(/C=C(/C#N)C(=O)NCCCc2ccccc2)c2ccccc2n1Cc1ccccc1F. The predicted molar refractivity (Wildman–Crippen MR) is 134 cm³/mol. The number of nitrogens with zero attached hydrogens (tertiary/aromatic N) is 2. The van der Waals surface area contributed by atoms with Gasteiger partial charge in [-0.25, -0.2) is 4.39 Å². The number of nitrogens with one attached hydrogen (secondary N) is 1. The molecule has 0 spiro atoms. The maximum atomic E-state index is 14.3. The lowest BCUT2D eigenvalue weighted by Gasteiger charge is -2.09. The van der Waals surface area contributed by atoms with E-state index in [1.807, 2.05) is 66.1 Å². The van der Waals surface area contributed by atoms with E-state index in [2.05, 4.69) is 17.4 Å². The molecule has 0 aliphatic rings. The minimum Gasteiger partial charge on any atom is -0.351 e. The number of fused-ring (bicyclic) bond motifs is 1. The third kappa shape index (κ3) is 5.07. The molecule has 170 valence electrons. The first kappa shape index (κ1) is 23.0. The summed E-state index contributed by atoms with van der Waals surface area (Å²) in [5.74, 6) is -0.648. The van der Waals surface area contributed by atoms with Crippen LogP contribution >= 0.6 is 0 Å². The highest BCUT2D eigenvalue weighted by Gasteiger charge is 2.16. The third-order valence-corrected chi connectivity index (χ3v) is 5.99. The zero-order chi connectivity index (χ0) is 23.9. The lowest BCUT2D eigenvalue weighted by atomic mass is 10.1. The second kappa shape index (κ2) is 10.6. The number of benzene rings is 3. The Morgan fingerprint density at radius 3 is 2.50 bits per heavy atom. The molecule has 0 saturated heterocycles. The number of aromatic nitrogens is 1. The van der Waals surface area contributed by atoms with Crippen molar-refractivity contribution in [2.75, 3.05) is 6.54 Å². The number of para-hydroxylation sites is 1. The zero-order valence-corrected chi connectivity index (χ0v) is 19.1. The summed E-state index contributed by atoms with van der Waals surface area (Å²) in [5.41, 5.74) is 4.44. The average molecular weight is 452 g/mol. The van der Waals surface area contributed by atoms with Crippen LogP contribution in [0.4, 0.5) is 4.39 Å². The van der Waals surface area contributed by atoms with Gasteiger partial charge >= 0.3 is 0 Å². The number of hydrogen-bond donors (Lipinski definition) is 1. The minimum absolute atomic E-state index is 0.0524. The number of carbonyl (C=O) groups is 1. The Morgan fingerprint density at radius 2 is 1.74 bits per heavy atom. The predicted octanol–water partition coefficient (Wildman–Crippen LogP) is 5.79. The van der Waals surface area contributed by atoms with Gasteiger partial charge in [0.25, 0.3) is 5.91 Å². The Labute approximate surface area is 199 Å². The van der Waals surface area contributed by atoms with Gasteiger partial charge in [-0.1, -0.05) is 66.7 Å². The highest BCUT2D eigenvalue weighted by atomic mass is 19.1. The van der Waals surface area contributed by atoms with Crippen molar-refractivity contribution >= 4 is 22.9 Å². The van der Waals surface area contributed by atoms with Gasteiger partial charge < -0.3 is 9.88 Å². The van der Waals surface area contributed by atoms with Crippen molar-refractivity contribution in [3.63, 3.8) is 0 Å². The monoisotopic (exact) mass is 451 g/mol. The van der Waals surface area contributed by atoms with Gasteiger partial charge in [0.15, 0.2) is 0 Å². The number of amides is 1. The summed E-state index contributed by atoms with van der Waals surface area (Å²) >= 11 is 0. The van der Waals surface area contributed by atoms with Crippen LogP contribution in [0.2, 0.25) is 0 Å². The normalized spacial score (nSPS) is 11.4. The van der Waals surface area contributed by atoms with E-state index in [9.17, 15) is 14.4 Å². The number of halogens is 1. The van der Waals surface area contributed by atoms with Gasteiger partial charge in [0, 0.05) is 34.3 Å². The van der Waals surface area contributed by atoms with Crippen LogP contribution < -0.4 is 5.32 Å². The summed E-state index contributed by atoms with van der Waals surface area (Å²) in [6.07, 6.45) is 3.28. The minimum atomic E-state index is -0.388.